The van der Waals surface area contributed by atoms with E-state index in [1.54, 1.807) is 11.9 Å². The van der Waals surface area contributed by atoms with Gasteiger partial charge in [0.2, 0.25) is 0 Å². The van der Waals surface area contributed by atoms with Gasteiger partial charge < -0.3 is 9.64 Å². The van der Waals surface area contributed by atoms with Crippen molar-refractivity contribution in [1.29, 1.82) is 0 Å². The molecule has 1 fully saturated rings. The van der Waals surface area contributed by atoms with Gasteiger partial charge in [-0.3, -0.25) is 4.79 Å². The van der Waals surface area contributed by atoms with Gasteiger partial charge in [0.05, 0.1) is 0 Å². The van der Waals surface area contributed by atoms with E-state index in [2.05, 4.69) is 0 Å². The van der Waals surface area contributed by atoms with Crippen molar-refractivity contribution in [2.45, 2.75) is 25.7 Å². The lowest BCUT2D eigenvalue weighted by Gasteiger charge is -2.25. The van der Waals surface area contributed by atoms with Crippen LogP contribution in [0.2, 0.25) is 0 Å². The normalized spacial score (nSPS) is 24.6. The fourth-order valence-corrected chi connectivity index (χ4v) is 1.70. The van der Waals surface area contributed by atoms with Crippen molar-refractivity contribution in [2.75, 3.05) is 7.05 Å². The van der Waals surface area contributed by atoms with Crippen LogP contribution >= 0.6 is 0 Å². The van der Waals surface area contributed by atoms with Crippen molar-refractivity contribution in [3.05, 3.63) is 35.9 Å². The van der Waals surface area contributed by atoms with Crippen molar-refractivity contribution < 1.29 is 9.53 Å². The zero-order chi connectivity index (χ0) is 11.1. The molecule has 3 heteroatoms. The Kier molecular flexibility index (Phi) is 2.27. The van der Waals surface area contributed by atoms with Gasteiger partial charge in [0.15, 0.2) is 6.10 Å². The zero-order valence-electron chi connectivity index (χ0n) is 9.23. The van der Waals surface area contributed by atoms with Crippen molar-refractivity contribution in [2.24, 2.45) is 0 Å². The number of nitrogens with zero attached hydrogens (tertiary/aromatic N) is 1. The van der Waals surface area contributed by atoms with E-state index < -0.39 is 11.8 Å². The number of carbonyl (C=O) groups is 1. The molecule has 2 rings (SSSR count). The molecule has 0 unspecified atom stereocenters. The Morgan fingerprint density at radius 3 is 2.33 bits per heavy atom. The Hall–Kier alpha value is -1.35. The number of amides is 1. The van der Waals surface area contributed by atoms with Crippen LogP contribution in [0.4, 0.5) is 0 Å². The molecule has 15 heavy (non-hydrogen) atoms. The van der Waals surface area contributed by atoms with E-state index >= 15 is 0 Å². The summed E-state index contributed by atoms with van der Waals surface area (Å²) in [5.41, 5.74) is 0.400. The van der Waals surface area contributed by atoms with E-state index in [1.807, 2.05) is 44.2 Å². The fourth-order valence-electron chi connectivity index (χ4n) is 1.70. The molecule has 1 aromatic carbocycles. The molecule has 0 aromatic heterocycles. The Balaban J connectivity index is 2.31. The molecule has 0 aliphatic carbocycles. The summed E-state index contributed by atoms with van der Waals surface area (Å²) in [6, 6.07) is 9.59. The summed E-state index contributed by atoms with van der Waals surface area (Å²) in [5, 5.41) is 0. The Bertz CT molecular complexity index is 372. The van der Waals surface area contributed by atoms with Crippen LogP contribution in [0.15, 0.2) is 30.3 Å². The van der Waals surface area contributed by atoms with Gasteiger partial charge in [-0.25, -0.2) is 0 Å². The minimum absolute atomic E-state index is 0.0196. The zero-order valence-corrected chi connectivity index (χ0v) is 9.23. The molecule has 0 saturated carbocycles. The van der Waals surface area contributed by atoms with Crippen molar-refractivity contribution >= 4 is 5.91 Å². The van der Waals surface area contributed by atoms with Crippen LogP contribution < -0.4 is 0 Å². The maximum absolute atomic E-state index is 11.9. The summed E-state index contributed by atoms with van der Waals surface area (Å²) in [6.07, 6.45) is -0.453. The maximum Gasteiger partial charge on any atom is 0.258 e. The molecule has 1 aliphatic rings. The summed E-state index contributed by atoms with van der Waals surface area (Å²) in [6.45, 7) is 3.79. The highest BCUT2D eigenvalue weighted by Crippen LogP contribution is 2.35. The molecule has 80 valence electrons. The van der Waals surface area contributed by atoms with Gasteiger partial charge in [-0.05, 0) is 19.4 Å². The summed E-state index contributed by atoms with van der Waals surface area (Å²) in [7, 11) is 1.77. The van der Waals surface area contributed by atoms with E-state index in [-0.39, 0.29) is 5.91 Å². The van der Waals surface area contributed by atoms with E-state index in [0.717, 1.165) is 5.56 Å². The minimum Gasteiger partial charge on any atom is -0.338 e. The highest BCUT2D eigenvalue weighted by Gasteiger charge is 2.44. The second kappa shape index (κ2) is 3.35. The summed E-state index contributed by atoms with van der Waals surface area (Å²) in [4.78, 5) is 13.6. The molecular weight excluding hydrogens is 190 g/mol. The second-order valence-electron chi connectivity index (χ2n) is 4.25. The quantitative estimate of drug-likeness (QED) is 0.701. The molecule has 1 amide bonds. The number of hydrogen-bond acceptors (Lipinski definition) is 2. The van der Waals surface area contributed by atoms with E-state index in [9.17, 15) is 4.79 Å². The average Bonchev–Trinajstić information content (AvgIpc) is 2.44. The van der Waals surface area contributed by atoms with Crippen molar-refractivity contribution in [3.63, 3.8) is 0 Å². The highest BCUT2D eigenvalue weighted by atomic mass is 16.5. The molecular formula is C12H15NO2. The van der Waals surface area contributed by atoms with Crippen molar-refractivity contribution in [3.8, 4) is 0 Å². The first-order valence-electron chi connectivity index (χ1n) is 5.03. The molecule has 3 nitrogen and oxygen atoms in total. The third kappa shape index (κ3) is 1.63. The lowest BCUT2D eigenvalue weighted by Crippen LogP contribution is -2.38. The molecule has 0 spiro atoms. The van der Waals surface area contributed by atoms with E-state index in [0.29, 0.717) is 0 Å². The molecule has 0 bridgehead atoms. The third-order valence-corrected chi connectivity index (χ3v) is 2.87. The van der Waals surface area contributed by atoms with Crippen LogP contribution in [0.5, 0.6) is 0 Å². The van der Waals surface area contributed by atoms with Gasteiger partial charge in [-0.15, -0.1) is 0 Å². The standard InChI is InChI=1S/C12H15NO2/c1-12(2)13(3)11(14)10(15-12)9-7-5-4-6-8-9/h4-8,10H,1-3H3/t10-/m1/s1. The minimum atomic E-state index is -0.516. The lowest BCUT2D eigenvalue weighted by molar-refractivity contribution is -0.130. The molecule has 1 heterocycles. The molecule has 0 radical (unpaired) electrons. The summed E-state index contributed by atoms with van der Waals surface area (Å²) >= 11 is 0. The van der Waals surface area contributed by atoms with Gasteiger partial charge in [-0.1, -0.05) is 30.3 Å². The van der Waals surface area contributed by atoms with Gasteiger partial charge in [0, 0.05) is 7.05 Å². The topological polar surface area (TPSA) is 29.5 Å². The fraction of sp³-hybridized carbons (Fsp3) is 0.417. The Morgan fingerprint density at radius 2 is 1.87 bits per heavy atom. The maximum atomic E-state index is 11.9. The number of ether oxygens (including phenoxy) is 1. The molecule has 1 saturated heterocycles. The number of likely N-dealkylation sites (N-methyl/N-ethyl adjacent to an activating group) is 1. The third-order valence-electron chi connectivity index (χ3n) is 2.87. The second-order valence-corrected chi connectivity index (χ2v) is 4.25. The largest absolute Gasteiger partial charge is 0.338 e. The number of carbonyl (C=O) groups excluding carboxylic acids is 1. The van der Waals surface area contributed by atoms with Crippen LogP contribution in [0.1, 0.15) is 25.5 Å². The van der Waals surface area contributed by atoms with Crippen LogP contribution in [0, 0.1) is 0 Å². The van der Waals surface area contributed by atoms with E-state index in [4.69, 9.17) is 4.74 Å². The first-order chi connectivity index (χ1) is 7.02. The molecule has 1 atom stereocenters. The first kappa shape index (κ1) is 10.2. The van der Waals surface area contributed by atoms with Crippen LogP contribution in [-0.2, 0) is 9.53 Å². The monoisotopic (exact) mass is 205 g/mol. The Morgan fingerprint density at radius 1 is 1.27 bits per heavy atom. The number of rotatable bonds is 1. The Labute approximate surface area is 89.7 Å². The molecule has 1 aromatic rings. The first-order valence-corrected chi connectivity index (χ1v) is 5.03. The van der Waals surface area contributed by atoms with Gasteiger partial charge >= 0.3 is 0 Å². The van der Waals surface area contributed by atoms with Gasteiger partial charge in [0.25, 0.3) is 5.91 Å². The van der Waals surface area contributed by atoms with Crippen LogP contribution in [0.25, 0.3) is 0 Å². The number of hydrogen-bond donors (Lipinski definition) is 0. The predicted molar refractivity (Wildman–Crippen MR) is 57.1 cm³/mol. The highest BCUT2D eigenvalue weighted by molar-refractivity contribution is 5.84. The van der Waals surface area contributed by atoms with Gasteiger partial charge in [-0.2, -0.15) is 0 Å². The van der Waals surface area contributed by atoms with Crippen LogP contribution in [-0.4, -0.2) is 23.6 Å². The summed E-state index contributed by atoms with van der Waals surface area (Å²) < 4.78 is 5.74. The molecule has 1 aliphatic heterocycles. The summed E-state index contributed by atoms with van der Waals surface area (Å²) in [5.74, 6) is 0.0196. The smallest absolute Gasteiger partial charge is 0.258 e. The molecule has 0 N–H and O–H groups in total. The van der Waals surface area contributed by atoms with Gasteiger partial charge in [0.1, 0.15) is 5.72 Å². The van der Waals surface area contributed by atoms with E-state index in [1.165, 1.54) is 0 Å². The SMILES string of the molecule is CN1C(=O)[C@@H](c2ccccc2)OC1(C)C. The van der Waals surface area contributed by atoms with Crippen LogP contribution in [0.3, 0.4) is 0 Å². The lowest BCUT2D eigenvalue weighted by atomic mass is 10.1. The predicted octanol–water partition coefficient (Wildman–Crippen LogP) is 1.95. The number of benzene rings is 1. The average molecular weight is 205 g/mol. The van der Waals surface area contributed by atoms with Crippen molar-refractivity contribution in [1.82, 2.24) is 4.90 Å².